The monoisotopic (exact) mass is 367 g/mol. The number of nitrogens with one attached hydrogen (secondary N) is 1. The van der Waals surface area contributed by atoms with E-state index in [-0.39, 0.29) is 5.75 Å². The van der Waals surface area contributed by atoms with Gasteiger partial charge < -0.3 is 19.9 Å². The quantitative estimate of drug-likeness (QED) is 0.840. The lowest BCUT2D eigenvalue weighted by Crippen LogP contribution is -2.30. The Labute approximate surface area is 147 Å². The van der Waals surface area contributed by atoms with E-state index >= 15 is 0 Å². The minimum Gasteiger partial charge on any atom is -0.496 e. The first-order chi connectivity index (χ1) is 12.3. The molecule has 1 amide bonds. The molecule has 5 nitrogen and oxygen atoms in total. The molecule has 0 aromatic heterocycles. The lowest BCUT2D eigenvalue weighted by Gasteiger charge is -2.26. The van der Waals surface area contributed by atoms with Gasteiger partial charge in [0.05, 0.1) is 25.3 Å². The highest BCUT2D eigenvalue weighted by molar-refractivity contribution is 5.70. The van der Waals surface area contributed by atoms with E-state index in [1.165, 1.54) is 19.2 Å². The van der Waals surface area contributed by atoms with Gasteiger partial charge >= 0.3 is 12.3 Å². The smallest absolute Gasteiger partial charge is 0.419 e. The van der Waals surface area contributed by atoms with E-state index in [4.69, 9.17) is 14.6 Å². The molecule has 3 rings (SSSR count). The number of hydrogen-bond acceptors (Lipinski definition) is 3. The number of benzene rings is 2. The molecule has 1 aliphatic rings. The molecule has 26 heavy (non-hydrogen) atoms. The summed E-state index contributed by atoms with van der Waals surface area (Å²) < 4.78 is 50.0. The topological polar surface area (TPSA) is 67.8 Å². The minimum atomic E-state index is -4.54. The predicted molar refractivity (Wildman–Crippen MR) is 87.4 cm³/mol. The summed E-state index contributed by atoms with van der Waals surface area (Å²) >= 11 is 0. The summed E-state index contributed by atoms with van der Waals surface area (Å²) in [7, 11) is 1.19. The number of hydrogen-bond donors (Lipinski definition) is 2. The second-order valence-electron chi connectivity index (χ2n) is 5.80. The van der Waals surface area contributed by atoms with Crippen LogP contribution in [0.3, 0.4) is 0 Å². The maximum atomic E-state index is 13.2. The molecular formula is C18H16F3NO4. The van der Waals surface area contributed by atoms with Crippen LogP contribution in [0.5, 0.6) is 11.5 Å². The Kier molecular flexibility index (Phi) is 4.67. The van der Waals surface area contributed by atoms with Crippen molar-refractivity contribution in [2.75, 3.05) is 13.7 Å². The zero-order valence-electron chi connectivity index (χ0n) is 13.8. The van der Waals surface area contributed by atoms with Crippen LogP contribution in [0, 0.1) is 0 Å². The zero-order valence-corrected chi connectivity index (χ0v) is 13.8. The van der Waals surface area contributed by atoms with Crippen LogP contribution in [0.25, 0.3) is 11.1 Å². The van der Waals surface area contributed by atoms with Gasteiger partial charge in [-0.25, -0.2) is 4.79 Å². The highest BCUT2D eigenvalue weighted by atomic mass is 19.4. The largest absolute Gasteiger partial charge is 0.496 e. The zero-order chi connectivity index (χ0) is 18.9. The van der Waals surface area contributed by atoms with Gasteiger partial charge in [-0.3, -0.25) is 0 Å². The number of carbonyl (C=O) groups is 1. The van der Waals surface area contributed by atoms with Gasteiger partial charge in [-0.1, -0.05) is 18.2 Å². The van der Waals surface area contributed by atoms with Crippen molar-refractivity contribution in [2.24, 2.45) is 0 Å². The fraction of sp³-hybridized carbons (Fsp3) is 0.278. The Hall–Kier alpha value is -2.90. The molecule has 0 saturated heterocycles. The van der Waals surface area contributed by atoms with Crippen molar-refractivity contribution < 1.29 is 32.5 Å². The molecule has 138 valence electrons. The van der Waals surface area contributed by atoms with E-state index in [2.05, 4.69) is 5.32 Å². The van der Waals surface area contributed by atoms with Gasteiger partial charge in [0, 0.05) is 12.0 Å². The van der Waals surface area contributed by atoms with E-state index < -0.39 is 23.9 Å². The van der Waals surface area contributed by atoms with Crippen molar-refractivity contribution in [3.8, 4) is 22.6 Å². The third kappa shape index (κ3) is 3.54. The number of methoxy groups -OCH3 is 1. The maximum absolute atomic E-state index is 13.2. The normalized spacial score (nSPS) is 16.4. The second-order valence-corrected chi connectivity index (χ2v) is 5.80. The summed E-state index contributed by atoms with van der Waals surface area (Å²) in [5.41, 5.74) is 0.694. The molecule has 8 heteroatoms. The minimum absolute atomic E-state index is 0.249. The first-order valence-electron chi connectivity index (χ1n) is 7.81. The van der Waals surface area contributed by atoms with Crippen molar-refractivity contribution in [1.29, 1.82) is 0 Å². The molecule has 1 atom stereocenters. The number of fused-ring (bicyclic) bond motifs is 1. The second kappa shape index (κ2) is 6.78. The lowest BCUT2D eigenvalue weighted by atomic mass is 9.95. The molecule has 0 spiro atoms. The fourth-order valence-corrected chi connectivity index (χ4v) is 2.98. The number of carboxylic acid groups (broad SMARTS) is 1. The van der Waals surface area contributed by atoms with E-state index in [1.54, 1.807) is 18.2 Å². The van der Waals surface area contributed by atoms with Crippen LogP contribution in [0.15, 0.2) is 36.4 Å². The molecule has 0 aliphatic carbocycles. The summed E-state index contributed by atoms with van der Waals surface area (Å²) in [6, 6.07) is 8.35. The van der Waals surface area contributed by atoms with Crippen LogP contribution >= 0.6 is 0 Å². The Morgan fingerprint density at radius 3 is 2.58 bits per heavy atom. The first kappa shape index (κ1) is 17.9. The molecule has 2 aromatic rings. The van der Waals surface area contributed by atoms with Gasteiger partial charge in [0.2, 0.25) is 0 Å². The third-order valence-corrected chi connectivity index (χ3v) is 4.19. The molecular weight excluding hydrogens is 351 g/mol. The summed E-state index contributed by atoms with van der Waals surface area (Å²) in [6.45, 7) is 0.317. The number of alkyl halides is 3. The van der Waals surface area contributed by atoms with Crippen molar-refractivity contribution in [3.05, 3.63) is 47.5 Å². The molecule has 1 unspecified atom stereocenters. The highest BCUT2D eigenvalue weighted by Crippen LogP contribution is 2.40. The van der Waals surface area contributed by atoms with Gasteiger partial charge in [0.15, 0.2) is 0 Å². The van der Waals surface area contributed by atoms with Crippen LogP contribution in [-0.4, -0.2) is 24.9 Å². The predicted octanol–water partition coefficient (Wildman–Crippen LogP) is 4.47. The molecule has 1 aliphatic heterocycles. The number of rotatable bonds is 3. The lowest BCUT2D eigenvalue weighted by molar-refractivity contribution is -0.138. The Morgan fingerprint density at radius 2 is 1.92 bits per heavy atom. The summed E-state index contributed by atoms with van der Waals surface area (Å²) in [5, 5.41) is 11.3. The van der Waals surface area contributed by atoms with Crippen LogP contribution in [0.4, 0.5) is 18.0 Å². The average molecular weight is 367 g/mol. The van der Waals surface area contributed by atoms with Crippen LogP contribution in [0.1, 0.15) is 23.6 Å². The summed E-state index contributed by atoms with van der Waals surface area (Å²) in [5.74, 6) is 0.207. The van der Waals surface area contributed by atoms with Gasteiger partial charge in [-0.2, -0.15) is 13.2 Å². The summed E-state index contributed by atoms with van der Waals surface area (Å²) in [4.78, 5) is 10.9. The molecule has 0 radical (unpaired) electrons. The molecule has 1 heterocycles. The Balaban J connectivity index is 2.00. The van der Waals surface area contributed by atoms with E-state index in [1.807, 2.05) is 0 Å². The molecule has 0 saturated carbocycles. The van der Waals surface area contributed by atoms with Gasteiger partial charge in [-0.15, -0.1) is 0 Å². The fourth-order valence-electron chi connectivity index (χ4n) is 2.98. The van der Waals surface area contributed by atoms with Gasteiger partial charge in [0.25, 0.3) is 0 Å². The van der Waals surface area contributed by atoms with Gasteiger partial charge in [-0.05, 0) is 29.3 Å². The Morgan fingerprint density at radius 1 is 1.23 bits per heavy atom. The average Bonchev–Trinajstić information content (AvgIpc) is 2.60. The number of amides is 1. The van der Waals surface area contributed by atoms with Crippen molar-refractivity contribution in [3.63, 3.8) is 0 Å². The van der Waals surface area contributed by atoms with Crippen LogP contribution in [-0.2, 0) is 6.18 Å². The van der Waals surface area contributed by atoms with E-state index in [0.717, 1.165) is 6.07 Å². The molecule has 0 fully saturated rings. The molecule has 0 bridgehead atoms. The van der Waals surface area contributed by atoms with Crippen molar-refractivity contribution >= 4 is 6.09 Å². The van der Waals surface area contributed by atoms with Gasteiger partial charge in [0.1, 0.15) is 11.5 Å². The number of ether oxygens (including phenoxy) is 2. The maximum Gasteiger partial charge on any atom is 0.419 e. The summed E-state index contributed by atoms with van der Waals surface area (Å²) in [6.07, 6.45) is -5.20. The SMILES string of the molecule is COc1ccc(-c2ccc3c(c2)OCCC3NC(=O)O)cc1C(F)(F)F. The van der Waals surface area contributed by atoms with Crippen molar-refractivity contribution in [1.82, 2.24) is 5.32 Å². The Bertz CT molecular complexity index is 836. The standard InChI is InChI=1S/C18H16F3NO4/c1-25-15-5-3-10(8-13(15)18(19,20)21)11-2-4-12-14(22-17(23)24)6-7-26-16(12)9-11/h2-5,8-9,14,22H,6-7H2,1H3,(H,23,24). The molecule has 2 aromatic carbocycles. The van der Waals surface area contributed by atoms with Crippen LogP contribution < -0.4 is 14.8 Å². The van der Waals surface area contributed by atoms with E-state index in [0.29, 0.717) is 35.5 Å². The van der Waals surface area contributed by atoms with Crippen molar-refractivity contribution in [2.45, 2.75) is 18.6 Å². The first-order valence-corrected chi connectivity index (χ1v) is 7.81. The number of halogens is 3. The highest BCUT2D eigenvalue weighted by Gasteiger charge is 2.34. The molecule has 2 N–H and O–H groups in total. The van der Waals surface area contributed by atoms with E-state index in [9.17, 15) is 18.0 Å². The third-order valence-electron chi connectivity index (χ3n) is 4.19. The van der Waals surface area contributed by atoms with Crippen LogP contribution in [0.2, 0.25) is 0 Å².